The van der Waals surface area contributed by atoms with Crippen LogP contribution in [0.15, 0.2) is 0 Å². The lowest BCUT2D eigenvalue weighted by Gasteiger charge is -1.98. The molecule has 0 saturated heterocycles. The number of carbonyl (C=O) groups is 1. The molecule has 0 bridgehead atoms. The third-order valence-corrected chi connectivity index (χ3v) is 1.81. The summed E-state index contributed by atoms with van der Waals surface area (Å²) in [7, 11) is 0. The number of halogens is 2. The molecule has 2 atom stereocenters. The monoisotopic (exact) mass is 166 g/mol. The van der Waals surface area contributed by atoms with Crippen molar-refractivity contribution in [1.82, 2.24) is 0 Å². The summed E-state index contributed by atoms with van der Waals surface area (Å²) >= 11 is 5.17. The maximum absolute atomic E-state index is 12.5. The summed E-state index contributed by atoms with van der Waals surface area (Å²) in [6, 6.07) is 0. The van der Waals surface area contributed by atoms with Crippen LogP contribution in [0.3, 0.4) is 0 Å². The number of rotatable bonds is 2. The number of alkyl halides is 2. The zero-order valence-corrected chi connectivity index (χ0v) is 6.32. The molecule has 0 heterocycles. The molecule has 0 aromatic carbocycles. The molecule has 1 aliphatic carbocycles. The maximum atomic E-state index is 12.5. The molecule has 4 heteroatoms. The van der Waals surface area contributed by atoms with E-state index in [2.05, 4.69) is 4.74 Å². The highest BCUT2D eigenvalue weighted by Crippen LogP contribution is 2.51. The van der Waals surface area contributed by atoms with Gasteiger partial charge in [0.25, 0.3) is 0 Å². The van der Waals surface area contributed by atoms with Gasteiger partial charge in [0.05, 0.1) is 6.61 Å². The largest absolute Gasteiger partial charge is 0.466 e. The Morgan fingerprint density at radius 1 is 2.00 bits per heavy atom. The normalized spacial score (nSPS) is 37.3. The van der Waals surface area contributed by atoms with Gasteiger partial charge in [0.2, 0.25) is 0 Å². The van der Waals surface area contributed by atoms with Crippen LogP contribution in [-0.4, -0.2) is 17.7 Å². The van der Waals surface area contributed by atoms with Gasteiger partial charge in [-0.05, 0) is 6.92 Å². The lowest BCUT2D eigenvalue weighted by molar-refractivity contribution is -0.145. The quantitative estimate of drug-likeness (QED) is 0.459. The second-order valence-corrected chi connectivity index (χ2v) is 2.90. The lowest BCUT2D eigenvalue weighted by atomic mass is 10.4. The van der Waals surface area contributed by atoms with Gasteiger partial charge >= 0.3 is 5.97 Å². The van der Waals surface area contributed by atoms with E-state index in [9.17, 15) is 9.18 Å². The van der Waals surface area contributed by atoms with Crippen LogP contribution >= 0.6 is 11.6 Å². The molecule has 1 rings (SSSR count). The van der Waals surface area contributed by atoms with Crippen LogP contribution in [0, 0.1) is 5.92 Å². The number of esters is 1. The predicted molar refractivity (Wildman–Crippen MR) is 34.4 cm³/mol. The second kappa shape index (κ2) is 2.38. The summed E-state index contributed by atoms with van der Waals surface area (Å²) in [5, 5.41) is -1.81. The molecule has 1 aliphatic rings. The molecule has 0 radical (unpaired) electrons. The molecule has 2 nitrogen and oxygen atoms in total. The van der Waals surface area contributed by atoms with Gasteiger partial charge < -0.3 is 4.74 Å². The molecule has 1 saturated carbocycles. The van der Waals surface area contributed by atoms with Crippen LogP contribution in [0.2, 0.25) is 0 Å². The Balaban J connectivity index is 2.33. The number of ether oxygens (including phenoxy) is 1. The highest BCUT2D eigenvalue weighted by molar-refractivity contribution is 6.26. The fourth-order valence-electron chi connectivity index (χ4n) is 0.712. The Hall–Kier alpha value is -0.310. The van der Waals surface area contributed by atoms with E-state index in [0.29, 0.717) is 0 Å². The van der Waals surface area contributed by atoms with E-state index in [1.807, 2.05) is 0 Å². The van der Waals surface area contributed by atoms with Crippen molar-refractivity contribution < 1.29 is 13.9 Å². The third-order valence-electron chi connectivity index (χ3n) is 1.40. The van der Waals surface area contributed by atoms with E-state index in [-0.39, 0.29) is 13.0 Å². The predicted octanol–water partition coefficient (Wildman–Crippen LogP) is 1.47. The fraction of sp³-hybridized carbons (Fsp3) is 0.833. The van der Waals surface area contributed by atoms with Crippen molar-refractivity contribution in [3.8, 4) is 0 Å². The van der Waals surface area contributed by atoms with Crippen LogP contribution in [0.1, 0.15) is 13.3 Å². The van der Waals surface area contributed by atoms with Gasteiger partial charge in [0, 0.05) is 6.42 Å². The van der Waals surface area contributed by atoms with Crippen LogP contribution in [0.4, 0.5) is 4.39 Å². The lowest BCUT2D eigenvalue weighted by Crippen LogP contribution is -2.10. The van der Waals surface area contributed by atoms with Crippen molar-refractivity contribution >= 4 is 17.6 Å². The van der Waals surface area contributed by atoms with E-state index in [1.54, 1.807) is 6.92 Å². The van der Waals surface area contributed by atoms with Crippen molar-refractivity contribution in [3.05, 3.63) is 0 Å². The smallest absolute Gasteiger partial charge is 0.313 e. The highest BCUT2D eigenvalue weighted by atomic mass is 35.5. The molecular weight excluding hydrogens is 159 g/mol. The Labute approximate surface area is 63.3 Å². The van der Waals surface area contributed by atoms with Crippen molar-refractivity contribution in [2.75, 3.05) is 6.61 Å². The highest BCUT2D eigenvalue weighted by Gasteiger charge is 2.59. The van der Waals surface area contributed by atoms with Crippen LogP contribution in [0.5, 0.6) is 0 Å². The summed E-state index contributed by atoms with van der Waals surface area (Å²) in [5.41, 5.74) is 0. The minimum atomic E-state index is -1.81. The van der Waals surface area contributed by atoms with E-state index >= 15 is 0 Å². The van der Waals surface area contributed by atoms with Gasteiger partial charge in [0.15, 0.2) is 5.13 Å². The summed E-state index contributed by atoms with van der Waals surface area (Å²) in [6.45, 7) is 1.96. The molecule has 58 valence electrons. The van der Waals surface area contributed by atoms with Gasteiger partial charge in [-0.3, -0.25) is 4.79 Å². The standard InChI is InChI=1S/C6H8ClFO2/c1-2-10-5(9)4-3-6(4,7)8/h4H,2-3H2,1H3/t4-,6-/m1/s1. The van der Waals surface area contributed by atoms with Crippen LogP contribution in [0.25, 0.3) is 0 Å². The molecule has 1 fully saturated rings. The van der Waals surface area contributed by atoms with Crippen molar-refractivity contribution in [1.29, 1.82) is 0 Å². The summed E-state index contributed by atoms with van der Waals surface area (Å²) < 4.78 is 17.0. The Morgan fingerprint density at radius 2 is 2.50 bits per heavy atom. The van der Waals surface area contributed by atoms with Gasteiger partial charge in [-0.25, -0.2) is 4.39 Å². The van der Waals surface area contributed by atoms with Gasteiger partial charge in [0.1, 0.15) is 5.92 Å². The zero-order valence-electron chi connectivity index (χ0n) is 5.56. The van der Waals surface area contributed by atoms with E-state index < -0.39 is 17.0 Å². The molecule has 0 aromatic heterocycles. The summed E-state index contributed by atoms with van der Waals surface area (Å²) in [4.78, 5) is 10.7. The van der Waals surface area contributed by atoms with Crippen LogP contribution < -0.4 is 0 Å². The first-order chi connectivity index (χ1) is 4.58. The van der Waals surface area contributed by atoms with Gasteiger partial charge in [-0.1, -0.05) is 11.6 Å². The average Bonchev–Trinajstić information content (AvgIpc) is 2.41. The summed E-state index contributed by atoms with van der Waals surface area (Å²) in [5.74, 6) is -1.26. The number of hydrogen-bond donors (Lipinski definition) is 0. The Kier molecular flexibility index (Phi) is 1.86. The third kappa shape index (κ3) is 1.40. The first kappa shape index (κ1) is 7.79. The maximum Gasteiger partial charge on any atom is 0.313 e. The van der Waals surface area contributed by atoms with Crippen LogP contribution in [-0.2, 0) is 9.53 Å². The first-order valence-corrected chi connectivity index (χ1v) is 3.50. The average molecular weight is 167 g/mol. The Bertz CT molecular complexity index is 158. The van der Waals surface area contributed by atoms with Gasteiger partial charge in [-0.15, -0.1) is 0 Å². The minimum absolute atomic E-state index is 0.0907. The van der Waals surface area contributed by atoms with Crippen molar-refractivity contribution in [2.45, 2.75) is 18.5 Å². The molecule has 0 aliphatic heterocycles. The van der Waals surface area contributed by atoms with E-state index in [4.69, 9.17) is 11.6 Å². The molecule has 0 amide bonds. The second-order valence-electron chi connectivity index (χ2n) is 2.27. The molecule has 0 unspecified atom stereocenters. The van der Waals surface area contributed by atoms with Crippen molar-refractivity contribution in [2.24, 2.45) is 5.92 Å². The Morgan fingerprint density at radius 3 is 2.80 bits per heavy atom. The molecule has 0 aromatic rings. The topological polar surface area (TPSA) is 26.3 Å². The first-order valence-electron chi connectivity index (χ1n) is 3.12. The molecule has 10 heavy (non-hydrogen) atoms. The fourth-order valence-corrected chi connectivity index (χ4v) is 0.955. The molecule has 0 N–H and O–H groups in total. The van der Waals surface area contributed by atoms with E-state index in [0.717, 1.165) is 0 Å². The van der Waals surface area contributed by atoms with Gasteiger partial charge in [-0.2, -0.15) is 0 Å². The molecule has 0 spiro atoms. The molecular formula is C6H8ClFO2. The minimum Gasteiger partial charge on any atom is -0.466 e. The zero-order chi connectivity index (χ0) is 7.78. The number of carbonyl (C=O) groups excluding carboxylic acids is 1. The number of hydrogen-bond acceptors (Lipinski definition) is 2. The SMILES string of the molecule is CCOC(=O)[C@H]1C[C@]1(F)Cl. The van der Waals surface area contributed by atoms with E-state index in [1.165, 1.54) is 0 Å². The van der Waals surface area contributed by atoms with Crippen molar-refractivity contribution in [3.63, 3.8) is 0 Å². The summed E-state index contributed by atoms with van der Waals surface area (Å²) in [6.07, 6.45) is 0.0907.